The average molecular weight is 880 g/mol. The van der Waals surface area contributed by atoms with Gasteiger partial charge in [0.2, 0.25) is 0 Å². The van der Waals surface area contributed by atoms with E-state index >= 15 is 0 Å². The summed E-state index contributed by atoms with van der Waals surface area (Å²) < 4.78 is 5.56. The number of nitrogens with one attached hydrogen (secondary N) is 2. The lowest BCUT2D eigenvalue weighted by atomic mass is 9.47. The molecular formula is C56H69N3O6. The minimum atomic E-state index is -1.16. The van der Waals surface area contributed by atoms with Gasteiger partial charge >= 0.3 is 0 Å². The van der Waals surface area contributed by atoms with Crippen LogP contribution in [0.1, 0.15) is 131 Å². The molecule has 344 valence electrons. The summed E-state index contributed by atoms with van der Waals surface area (Å²) in [5.74, 6) is 10.7. The number of Topliss-reactive ketones (excluding diaryl/α,β-unsaturated/α-hetero) is 2. The van der Waals surface area contributed by atoms with Gasteiger partial charge < -0.3 is 36.4 Å². The van der Waals surface area contributed by atoms with E-state index < -0.39 is 17.6 Å². The number of benzene rings is 3. The first-order valence-electron chi connectivity index (χ1n) is 25.0. The molecule has 0 radical (unpaired) electrons. The van der Waals surface area contributed by atoms with Gasteiger partial charge in [0.1, 0.15) is 11.2 Å². The summed E-state index contributed by atoms with van der Waals surface area (Å²) in [6.45, 7) is 1.62. The van der Waals surface area contributed by atoms with Crippen LogP contribution >= 0.6 is 0 Å². The summed E-state index contributed by atoms with van der Waals surface area (Å²) >= 11 is 0. The first kappa shape index (κ1) is 44.2. The number of nitrogens with two attached hydrogens (primary N) is 1. The first-order valence-corrected chi connectivity index (χ1v) is 25.0. The Bertz CT molecular complexity index is 2420. The van der Waals surface area contributed by atoms with Crippen molar-refractivity contribution in [1.29, 1.82) is 0 Å². The van der Waals surface area contributed by atoms with Gasteiger partial charge in [-0.15, -0.1) is 0 Å². The molecule has 11 atom stereocenters. The van der Waals surface area contributed by atoms with Crippen LogP contribution in [-0.4, -0.2) is 65.3 Å². The number of aliphatic hydroxyl groups is 2. The number of methoxy groups -OCH3 is 1. The van der Waals surface area contributed by atoms with E-state index in [0.717, 1.165) is 58.8 Å². The van der Waals surface area contributed by atoms with Gasteiger partial charge in [0.05, 0.1) is 25.1 Å². The van der Waals surface area contributed by atoms with Crippen LogP contribution in [0.15, 0.2) is 78.1 Å². The molecule has 2 aliphatic heterocycles. The van der Waals surface area contributed by atoms with Crippen molar-refractivity contribution in [2.45, 2.75) is 139 Å². The number of phenolic OH excluding ortho intramolecular Hbond substituents is 1. The zero-order valence-electron chi connectivity index (χ0n) is 38.2. The molecule has 0 bridgehead atoms. The molecule has 7 N–H and O–H groups in total. The average Bonchev–Trinajstić information content (AvgIpc) is 3.81. The van der Waals surface area contributed by atoms with Crippen LogP contribution in [0.25, 0.3) is 10.8 Å². The van der Waals surface area contributed by atoms with Crippen LogP contribution in [0.3, 0.4) is 0 Å². The Labute approximate surface area is 385 Å². The summed E-state index contributed by atoms with van der Waals surface area (Å²) in [5.41, 5.74) is 9.32. The number of allylic oxidation sites excluding steroid dienone is 2. The third-order valence-electron chi connectivity index (χ3n) is 18.0. The number of phenols is 1. The van der Waals surface area contributed by atoms with Crippen LogP contribution in [0, 0.1) is 52.3 Å². The number of ether oxygens (including phenoxy) is 1. The minimum Gasteiger partial charge on any atom is -0.504 e. The lowest BCUT2D eigenvalue weighted by molar-refractivity contribution is -0.140. The second-order valence-corrected chi connectivity index (χ2v) is 21.2. The normalized spacial score (nSPS) is 32.8. The summed E-state index contributed by atoms with van der Waals surface area (Å²) in [6, 6.07) is 18.7. The summed E-state index contributed by atoms with van der Waals surface area (Å²) in [4.78, 5) is 27.1. The Hall–Kier alpha value is -4.62. The molecule has 3 aromatic carbocycles. The number of aromatic hydroxyl groups is 1. The number of aliphatic hydroxyl groups excluding tert-OH is 2. The molecule has 9 nitrogen and oxygen atoms in total. The second kappa shape index (κ2) is 18.2. The molecule has 0 amide bonds. The van der Waals surface area contributed by atoms with Crippen LogP contribution in [0.4, 0.5) is 0 Å². The largest absolute Gasteiger partial charge is 0.504 e. The number of ketones is 2. The van der Waals surface area contributed by atoms with Gasteiger partial charge in [-0.25, -0.2) is 0 Å². The van der Waals surface area contributed by atoms with Crippen molar-refractivity contribution in [3.63, 3.8) is 0 Å². The van der Waals surface area contributed by atoms with Gasteiger partial charge in [-0.2, -0.15) is 0 Å². The predicted molar refractivity (Wildman–Crippen MR) is 254 cm³/mol. The van der Waals surface area contributed by atoms with Crippen molar-refractivity contribution in [2.75, 3.05) is 20.2 Å². The van der Waals surface area contributed by atoms with E-state index in [1.54, 1.807) is 6.07 Å². The van der Waals surface area contributed by atoms with E-state index in [0.29, 0.717) is 104 Å². The summed E-state index contributed by atoms with van der Waals surface area (Å²) in [7, 11) is 1.54. The molecule has 1 saturated heterocycles. The van der Waals surface area contributed by atoms with Gasteiger partial charge in [0.15, 0.2) is 17.3 Å². The third kappa shape index (κ3) is 8.31. The molecule has 10 rings (SSSR count). The van der Waals surface area contributed by atoms with E-state index in [1.807, 2.05) is 24.3 Å². The number of hydrogen-bond donors (Lipinski definition) is 6. The monoisotopic (exact) mass is 880 g/mol. The molecule has 3 aromatic rings. The SMILES string of the molecule is COc1cc2c(cc1O)[C@H](CC[C@H](O)C[C@H](C1=CCNC(N)=C1)c1ccc3ccccc3c1)C#C[C@@]1(CC[C@@H]([C@@H]3CC[C@@H]4[C@@H]5CCC(=O)C[C@@H]5NC[C@H]4C34CCCC4)C[C@H]1O)C(=O)CC2. The van der Waals surface area contributed by atoms with Gasteiger partial charge in [-0.05, 0) is 170 Å². The van der Waals surface area contributed by atoms with E-state index in [1.165, 1.54) is 45.6 Å². The standard InChI is InChI=1S/C56H69N3O6/c1-65-51-27-38-11-17-52(63)56(24-19-40(28-53(56)64)47-16-15-43-44-14-13-42(61)31-49(44)59-33-48(43)55(47)21-4-5-22-55)23-18-35(46(38)32-50(51)62)10-12-41(60)30-45(39-20-25-58-54(57)29-39)37-9-8-34-6-2-3-7-36(34)26-37/h2-3,6-9,20,26-27,29,32,35,40-41,43-45,47-49,53,58-60,62,64H,4-5,10-17,19,21-22,24-25,28,30-31,33,57H2,1H3/t35-,40-,41+,43-,44+,45+,47+,48-,49+,53-,56-/m1/s1. The van der Waals surface area contributed by atoms with Crippen LogP contribution in [-0.2, 0) is 16.0 Å². The maximum atomic E-state index is 14.7. The topological polar surface area (TPSA) is 154 Å². The smallest absolute Gasteiger partial charge is 0.160 e. The van der Waals surface area contributed by atoms with Gasteiger partial charge in [0, 0.05) is 43.7 Å². The predicted octanol–water partition coefficient (Wildman–Crippen LogP) is 8.49. The first-order chi connectivity index (χ1) is 31.5. The molecule has 65 heavy (non-hydrogen) atoms. The minimum absolute atomic E-state index is 0.00378. The second-order valence-electron chi connectivity index (χ2n) is 21.2. The number of carbonyl (C=O) groups is 2. The summed E-state index contributed by atoms with van der Waals surface area (Å²) in [5, 5.41) is 45.0. The molecule has 2 spiro atoms. The lowest BCUT2D eigenvalue weighted by Gasteiger charge is -2.60. The highest BCUT2D eigenvalue weighted by molar-refractivity contribution is 5.89. The fraction of sp³-hybridized carbons (Fsp3) is 0.571. The van der Waals surface area contributed by atoms with E-state index in [2.05, 4.69) is 58.9 Å². The van der Waals surface area contributed by atoms with Crippen molar-refractivity contribution < 1.29 is 29.6 Å². The van der Waals surface area contributed by atoms with Crippen molar-refractivity contribution >= 4 is 22.3 Å². The van der Waals surface area contributed by atoms with Gasteiger partial charge in [-0.3, -0.25) is 9.59 Å². The van der Waals surface area contributed by atoms with Crippen LogP contribution in [0.5, 0.6) is 11.5 Å². The number of piperidine rings is 1. The van der Waals surface area contributed by atoms with Crippen molar-refractivity contribution in [1.82, 2.24) is 10.6 Å². The highest BCUT2D eigenvalue weighted by Gasteiger charge is 2.59. The Kier molecular flexibility index (Phi) is 12.4. The Morgan fingerprint density at radius 3 is 2.57 bits per heavy atom. The molecule has 5 aliphatic carbocycles. The Morgan fingerprint density at radius 2 is 1.77 bits per heavy atom. The Balaban J connectivity index is 0.906. The van der Waals surface area contributed by atoms with Gasteiger partial charge in [0.25, 0.3) is 0 Å². The molecule has 0 unspecified atom stereocenters. The maximum absolute atomic E-state index is 14.7. The number of fused-ring (bicyclic) bond motifs is 6. The summed E-state index contributed by atoms with van der Waals surface area (Å²) in [6.07, 6.45) is 16.6. The zero-order chi connectivity index (χ0) is 44.9. The van der Waals surface area contributed by atoms with Crippen molar-refractivity contribution in [2.24, 2.45) is 46.2 Å². The van der Waals surface area contributed by atoms with Crippen molar-refractivity contribution in [3.05, 3.63) is 94.8 Å². The molecule has 5 fully saturated rings. The number of dihydropyridines is 1. The molecule has 9 heteroatoms. The number of rotatable bonds is 9. The fourth-order valence-electron chi connectivity index (χ4n) is 14.8. The van der Waals surface area contributed by atoms with Crippen molar-refractivity contribution in [3.8, 4) is 23.3 Å². The van der Waals surface area contributed by atoms with Crippen LogP contribution < -0.4 is 21.1 Å². The highest BCUT2D eigenvalue weighted by Crippen LogP contribution is 2.64. The molecule has 0 aromatic heterocycles. The van der Waals surface area contributed by atoms with Crippen LogP contribution in [0.2, 0.25) is 0 Å². The van der Waals surface area contributed by atoms with E-state index in [-0.39, 0.29) is 35.2 Å². The van der Waals surface area contributed by atoms with Gasteiger partial charge in [-0.1, -0.05) is 73.2 Å². The molecule has 7 aliphatic rings. The quantitative estimate of drug-likeness (QED) is 0.116. The molecular weight excluding hydrogens is 811 g/mol. The Morgan fingerprint density at radius 1 is 0.938 bits per heavy atom. The fourth-order valence-corrected chi connectivity index (χ4v) is 14.8. The van der Waals surface area contributed by atoms with E-state index in [4.69, 9.17) is 10.5 Å². The highest BCUT2D eigenvalue weighted by atomic mass is 16.5. The van der Waals surface area contributed by atoms with E-state index in [9.17, 15) is 24.9 Å². The number of carbonyl (C=O) groups excluding carboxylic acids is 2. The molecule has 2 heterocycles. The zero-order valence-corrected chi connectivity index (χ0v) is 38.2. The lowest BCUT2D eigenvalue weighted by Crippen LogP contribution is -2.61. The molecule has 4 saturated carbocycles. The maximum Gasteiger partial charge on any atom is 0.160 e. The third-order valence-corrected chi connectivity index (χ3v) is 18.0. The number of hydrogen-bond acceptors (Lipinski definition) is 9. The number of aryl methyl sites for hydroxylation is 1.